The number of hydrogen-bond acceptors (Lipinski definition) is 6. The van der Waals surface area contributed by atoms with Crippen LogP contribution in [0, 0.1) is 0 Å². The Hall–Kier alpha value is -0.880. The average Bonchev–Trinajstić information content (AvgIpc) is 2.66. The molecule has 0 aromatic carbocycles. The van der Waals surface area contributed by atoms with Crippen LogP contribution < -0.4 is 10.6 Å². The zero-order valence-electron chi connectivity index (χ0n) is 10.2. The van der Waals surface area contributed by atoms with Gasteiger partial charge in [-0.25, -0.2) is 0 Å². The number of nitrogens with two attached hydrogens (primary N) is 1. The summed E-state index contributed by atoms with van der Waals surface area (Å²) in [7, 11) is 0. The molecule has 0 bridgehead atoms. The normalized spacial score (nSPS) is 27.1. The van der Waals surface area contributed by atoms with Crippen LogP contribution in [0.5, 0.6) is 0 Å². The third-order valence-electron chi connectivity index (χ3n) is 3.89. The maximum Gasteiger partial charge on any atom is 0.210 e. The molecule has 0 aliphatic carbocycles. The van der Waals surface area contributed by atoms with E-state index in [0.29, 0.717) is 11.2 Å². The van der Waals surface area contributed by atoms with Gasteiger partial charge in [0.1, 0.15) is 0 Å². The molecule has 2 N–H and O–H groups in total. The van der Waals surface area contributed by atoms with Gasteiger partial charge in [0.25, 0.3) is 0 Å². The monoisotopic (exact) mass is 253 g/mol. The van der Waals surface area contributed by atoms with Crippen molar-refractivity contribution in [1.29, 1.82) is 0 Å². The Balaban J connectivity index is 1.57. The van der Waals surface area contributed by atoms with E-state index in [1.165, 1.54) is 37.1 Å². The van der Waals surface area contributed by atoms with Gasteiger partial charge in [-0.15, -0.1) is 10.2 Å². The molecule has 2 fully saturated rings. The van der Waals surface area contributed by atoms with Gasteiger partial charge in [0, 0.05) is 25.2 Å². The number of piperidine rings is 1. The first-order valence-electron chi connectivity index (χ1n) is 6.33. The van der Waals surface area contributed by atoms with Gasteiger partial charge in [0.2, 0.25) is 10.3 Å². The van der Waals surface area contributed by atoms with E-state index >= 15 is 0 Å². The first-order chi connectivity index (χ1) is 8.24. The molecule has 2 aliphatic rings. The van der Waals surface area contributed by atoms with E-state index < -0.39 is 0 Å². The van der Waals surface area contributed by atoms with Crippen molar-refractivity contribution >= 4 is 21.6 Å². The van der Waals surface area contributed by atoms with E-state index in [-0.39, 0.29) is 0 Å². The Morgan fingerprint density at radius 1 is 1.29 bits per heavy atom. The summed E-state index contributed by atoms with van der Waals surface area (Å²) in [6, 6.07) is 1.45. The lowest BCUT2D eigenvalue weighted by molar-refractivity contribution is 0.0875. The van der Waals surface area contributed by atoms with Crippen LogP contribution in [0.1, 0.15) is 26.2 Å². The summed E-state index contributed by atoms with van der Waals surface area (Å²) >= 11 is 1.48. The van der Waals surface area contributed by atoms with Crippen LogP contribution in [0.4, 0.5) is 10.3 Å². The lowest BCUT2D eigenvalue weighted by atomic mass is 9.98. The van der Waals surface area contributed by atoms with Gasteiger partial charge in [-0.3, -0.25) is 4.90 Å². The Labute approximate surface area is 106 Å². The summed E-state index contributed by atoms with van der Waals surface area (Å²) in [5.74, 6) is 0. The number of nitrogen functional groups attached to an aromatic ring is 1. The standard InChI is InChI=1S/C11H19N5S/c1-8-4-2-3-5-16(8)9-6-15(7-9)11-14-13-10(12)17-11/h8-9H,2-7H2,1H3,(H2,12,13). The van der Waals surface area contributed by atoms with Gasteiger partial charge in [-0.05, 0) is 26.3 Å². The molecule has 0 radical (unpaired) electrons. The molecule has 2 aliphatic heterocycles. The van der Waals surface area contributed by atoms with Crippen LogP contribution in [0.2, 0.25) is 0 Å². The van der Waals surface area contributed by atoms with Crippen molar-refractivity contribution < 1.29 is 0 Å². The van der Waals surface area contributed by atoms with Crippen LogP contribution in [0.25, 0.3) is 0 Å². The fourth-order valence-electron chi connectivity index (χ4n) is 2.84. The van der Waals surface area contributed by atoms with Crippen molar-refractivity contribution in [2.24, 2.45) is 0 Å². The molecule has 1 aromatic heterocycles. The Kier molecular flexibility index (Phi) is 2.92. The molecular weight excluding hydrogens is 234 g/mol. The van der Waals surface area contributed by atoms with Gasteiger partial charge in [-0.2, -0.15) is 0 Å². The van der Waals surface area contributed by atoms with Crippen molar-refractivity contribution in [3.63, 3.8) is 0 Å². The highest BCUT2D eigenvalue weighted by molar-refractivity contribution is 7.18. The highest BCUT2D eigenvalue weighted by Gasteiger charge is 2.36. The zero-order chi connectivity index (χ0) is 11.8. The van der Waals surface area contributed by atoms with E-state index in [4.69, 9.17) is 5.73 Å². The van der Waals surface area contributed by atoms with Crippen LogP contribution in [0.3, 0.4) is 0 Å². The highest BCUT2D eigenvalue weighted by Crippen LogP contribution is 2.30. The third kappa shape index (κ3) is 2.11. The minimum Gasteiger partial charge on any atom is -0.374 e. The number of rotatable bonds is 2. The topological polar surface area (TPSA) is 58.3 Å². The molecule has 1 unspecified atom stereocenters. The molecule has 17 heavy (non-hydrogen) atoms. The molecule has 6 heteroatoms. The molecule has 0 spiro atoms. The Bertz CT molecular complexity index is 387. The zero-order valence-corrected chi connectivity index (χ0v) is 11.0. The first kappa shape index (κ1) is 11.2. The second-order valence-electron chi connectivity index (χ2n) is 5.06. The molecule has 0 saturated carbocycles. The molecule has 3 heterocycles. The lowest BCUT2D eigenvalue weighted by Gasteiger charge is -2.49. The predicted molar refractivity (Wildman–Crippen MR) is 70.3 cm³/mol. The molecule has 0 amide bonds. The van der Waals surface area contributed by atoms with Gasteiger partial charge in [0.05, 0.1) is 0 Å². The van der Waals surface area contributed by atoms with Crippen LogP contribution in [0.15, 0.2) is 0 Å². The van der Waals surface area contributed by atoms with Crippen molar-refractivity contribution in [3.8, 4) is 0 Å². The van der Waals surface area contributed by atoms with Gasteiger partial charge < -0.3 is 10.6 Å². The Morgan fingerprint density at radius 2 is 2.12 bits per heavy atom. The molecule has 94 valence electrons. The van der Waals surface area contributed by atoms with E-state index in [0.717, 1.165) is 24.3 Å². The lowest BCUT2D eigenvalue weighted by Crippen LogP contribution is -2.62. The van der Waals surface area contributed by atoms with Crippen LogP contribution in [-0.4, -0.2) is 46.8 Å². The predicted octanol–water partition coefficient (Wildman–Crippen LogP) is 1.18. The second-order valence-corrected chi connectivity index (χ2v) is 6.05. The van der Waals surface area contributed by atoms with E-state index in [1.54, 1.807) is 0 Å². The summed E-state index contributed by atoms with van der Waals surface area (Å²) in [5.41, 5.74) is 5.60. The number of anilines is 2. The quantitative estimate of drug-likeness (QED) is 0.858. The molecular formula is C11H19N5S. The summed E-state index contributed by atoms with van der Waals surface area (Å²) in [6.45, 7) is 5.78. The maximum atomic E-state index is 5.60. The van der Waals surface area contributed by atoms with Gasteiger partial charge >= 0.3 is 0 Å². The molecule has 1 aromatic rings. The number of hydrogen-bond donors (Lipinski definition) is 1. The van der Waals surface area contributed by atoms with E-state index in [9.17, 15) is 0 Å². The van der Waals surface area contributed by atoms with Crippen molar-refractivity contribution in [3.05, 3.63) is 0 Å². The summed E-state index contributed by atoms with van der Waals surface area (Å²) in [6.07, 6.45) is 4.09. The fourth-order valence-corrected chi connectivity index (χ4v) is 3.47. The highest BCUT2D eigenvalue weighted by atomic mass is 32.1. The van der Waals surface area contributed by atoms with Gasteiger partial charge in [-0.1, -0.05) is 17.8 Å². The first-order valence-corrected chi connectivity index (χ1v) is 7.15. The van der Waals surface area contributed by atoms with Crippen molar-refractivity contribution in [2.45, 2.75) is 38.3 Å². The minimum absolute atomic E-state index is 0.565. The summed E-state index contributed by atoms with van der Waals surface area (Å²) < 4.78 is 0. The van der Waals surface area contributed by atoms with Crippen LogP contribution >= 0.6 is 11.3 Å². The minimum atomic E-state index is 0.565. The van der Waals surface area contributed by atoms with E-state index in [2.05, 4.69) is 26.9 Å². The maximum absolute atomic E-state index is 5.60. The smallest absolute Gasteiger partial charge is 0.210 e. The Morgan fingerprint density at radius 3 is 2.76 bits per heavy atom. The number of aromatic nitrogens is 2. The van der Waals surface area contributed by atoms with Crippen molar-refractivity contribution in [1.82, 2.24) is 15.1 Å². The molecule has 2 saturated heterocycles. The summed E-state index contributed by atoms with van der Waals surface area (Å²) in [5, 5.41) is 9.49. The number of nitrogens with zero attached hydrogens (tertiary/aromatic N) is 4. The molecule has 1 atom stereocenters. The third-order valence-corrected chi connectivity index (χ3v) is 4.70. The van der Waals surface area contributed by atoms with Crippen LogP contribution in [-0.2, 0) is 0 Å². The molecule has 3 rings (SSSR count). The van der Waals surface area contributed by atoms with Gasteiger partial charge in [0.15, 0.2) is 0 Å². The largest absolute Gasteiger partial charge is 0.374 e. The summed E-state index contributed by atoms with van der Waals surface area (Å²) in [4.78, 5) is 4.93. The molecule has 5 nitrogen and oxygen atoms in total. The SMILES string of the molecule is CC1CCCCN1C1CN(c2nnc(N)s2)C1. The van der Waals surface area contributed by atoms with Crippen molar-refractivity contribution in [2.75, 3.05) is 30.3 Å². The average molecular weight is 253 g/mol. The fraction of sp³-hybridized carbons (Fsp3) is 0.818. The van der Waals surface area contributed by atoms with E-state index in [1.807, 2.05) is 0 Å². The second kappa shape index (κ2) is 4.42. The number of likely N-dealkylation sites (tertiary alicyclic amines) is 1.